The Bertz CT molecular complexity index is 3060. The van der Waals surface area contributed by atoms with Crippen molar-refractivity contribution >= 4 is 40.2 Å². The van der Waals surface area contributed by atoms with Gasteiger partial charge < -0.3 is 5.32 Å². The normalized spacial score (nSPS) is 12.8. The van der Waals surface area contributed by atoms with Gasteiger partial charge in [0.05, 0.1) is 39.2 Å². The summed E-state index contributed by atoms with van der Waals surface area (Å²) < 4.78 is 3.65. The molecule has 6 heteroatoms. The molecule has 1 aromatic heterocycles. The van der Waals surface area contributed by atoms with Crippen molar-refractivity contribution < 1.29 is 4.79 Å². The highest BCUT2D eigenvalue weighted by Crippen LogP contribution is 2.63. The molecule has 2 aliphatic carbocycles. The summed E-state index contributed by atoms with van der Waals surface area (Å²) in [5, 5.41) is 3.70. The van der Waals surface area contributed by atoms with Crippen LogP contribution in [-0.4, -0.2) is 15.5 Å². The monoisotopic (exact) mass is 734 g/mol. The molecule has 57 heavy (non-hydrogen) atoms. The van der Waals surface area contributed by atoms with Gasteiger partial charge in [0.2, 0.25) is 6.41 Å². The number of benzene rings is 8. The van der Waals surface area contributed by atoms with Crippen LogP contribution < -0.4 is 15.9 Å². The van der Waals surface area contributed by atoms with Gasteiger partial charge in [-0.15, -0.1) is 0 Å². The van der Waals surface area contributed by atoms with Crippen LogP contribution in [-0.2, 0) is 10.2 Å². The first kappa shape index (κ1) is 32.7. The highest BCUT2D eigenvalue weighted by Gasteiger charge is 2.52. The minimum Gasteiger partial charge on any atom is -0.354 e. The number of nitrogens with zero attached hydrogens (tertiary/aromatic N) is 3. The first-order valence-electron chi connectivity index (χ1n) is 19.1. The molecule has 1 amide bonds. The Morgan fingerprint density at radius 1 is 0.474 bits per heavy atom. The van der Waals surface area contributed by atoms with Gasteiger partial charge in [-0.25, -0.2) is 4.79 Å². The molecule has 1 N–H and O–H groups in total. The molecule has 0 unspecified atom stereocenters. The van der Waals surface area contributed by atoms with E-state index in [9.17, 15) is 9.59 Å². The van der Waals surface area contributed by atoms with Crippen LogP contribution in [0.5, 0.6) is 0 Å². The van der Waals surface area contributed by atoms with Crippen LogP contribution in [0.15, 0.2) is 199 Å². The molecule has 0 bridgehead atoms. The fraction of sp³-hybridized carbons (Fsp3) is 0.0196. The second-order valence-corrected chi connectivity index (χ2v) is 14.6. The zero-order chi connectivity index (χ0) is 38.1. The van der Waals surface area contributed by atoms with Crippen molar-refractivity contribution in [2.75, 3.05) is 10.2 Å². The van der Waals surface area contributed by atoms with Crippen molar-refractivity contribution in [2.24, 2.45) is 0 Å². The quantitative estimate of drug-likeness (QED) is 0.166. The van der Waals surface area contributed by atoms with Crippen molar-refractivity contribution in [3.63, 3.8) is 0 Å². The smallest absolute Gasteiger partial charge is 0.338 e. The Kier molecular flexibility index (Phi) is 7.28. The maximum absolute atomic E-state index is 14.6. The number of rotatable bonds is 7. The molecule has 270 valence electrons. The zero-order valence-corrected chi connectivity index (χ0v) is 30.7. The molecule has 8 aromatic carbocycles. The zero-order valence-electron chi connectivity index (χ0n) is 30.7. The number of imidazole rings is 1. The third-order valence-corrected chi connectivity index (χ3v) is 11.7. The van der Waals surface area contributed by atoms with Gasteiger partial charge in [-0.05, 0) is 117 Å². The summed E-state index contributed by atoms with van der Waals surface area (Å²) in [6.07, 6.45) is 0.858. The van der Waals surface area contributed by atoms with E-state index in [4.69, 9.17) is 0 Å². The maximum atomic E-state index is 14.6. The minimum absolute atomic E-state index is 0.121. The van der Waals surface area contributed by atoms with Crippen LogP contribution in [0.3, 0.4) is 0 Å². The van der Waals surface area contributed by atoms with Crippen LogP contribution in [0.1, 0.15) is 22.3 Å². The molecule has 1 spiro atoms. The highest BCUT2D eigenvalue weighted by atomic mass is 16.2. The van der Waals surface area contributed by atoms with E-state index < -0.39 is 5.41 Å². The van der Waals surface area contributed by atoms with Crippen molar-refractivity contribution in [1.82, 2.24) is 9.13 Å². The van der Waals surface area contributed by atoms with Gasteiger partial charge in [0, 0.05) is 11.4 Å². The number of fused-ring (bicyclic) bond motifs is 11. The molecule has 0 saturated carbocycles. The number of nitrogens with one attached hydrogen (secondary N) is 1. The molecule has 0 fully saturated rings. The Morgan fingerprint density at radius 2 is 1.00 bits per heavy atom. The summed E-state index contributed by atoms with van der Waals surface area (Å²) in [6, 6.07) is 65.9. The number of amides is 1. The van der Waals surface area contributed by atoms with E-state index in [1.165, 1.54) is 22.3 Å². The van der Waals surface area contributed by atoms with E-state index in [1.54, 1.807) is 9.47 Å². The molecular weight excluding hydrogens is 701 g/mol. The van der Waals surface area contributed by atoms with Gasteiger partial charge in [-0.3, -0.25) is 18.8 Å². The van der Waals surface area contributed by atoms with Crippen molar-refractivity contribution in [3.05, 3.63) is 227 Å². The Balaban J connectivity index is 1.13. The molecule has 2 aliphatic rings. The van der Waals surface area contributed by atoms with Crippen molar-refractivity contribution in [2.45, 2.75) is 5.41 Å². The van der Waals surface area contributed by atoms with Crippen molar-refractivity contribution in [3.8, 4) is 33.6 Å². The average molecular weight is 735 g/mol. The maximum Gasteiger partial charge on any atom is 0.338 e. The minimum atomic E-state index is -0.661. The third kappa shape index (κ3) is 4.71. The number of para-hydroxylation sites is 6. The Morgan fingerprint density at radius 3 is 1.68 bits per heavy atom. The van der Waals surface area contributed by atoms with E-state index in [0.717, 1.165) is 73.8 Å². The molecule has 0 atom stereocenters. The predicted molar refractivity (Wildman–Crippen MR) is 230 cm³/mol. The number of hydrogen-bond donors (Lipinski definition) is 1. The van der Waals surface area contributed by atoms with Gasteiger partial charge in [0.25, 0.3) is 0 Å². The number of aromatic nitrogens is 2. The van der Waals surface area contributed by atoms with Crippen molar-refractivity contribution in [1.29, 1.82) is 0 Å². The SMILES string of the molecule is O=CN(c1ccccc1)c1ccccc1Nc1ccc2c(c1)C1(c3ccccc3-c3ccccc31)c1cc(-n3c(=O)n(-c4ccccc4)c4ccccc43)ccc1-2. The lowest BCUT2D eigenvalue weighted by Crippen LogP contribution is -2.27. The van der Waals surface area contributed by atoms with E-state index in [-0.39, 0.29) is 5.69 Å². The molecule has 1 heterocycles. The first-order valence-corrected chi connectivity index (χ1v) is 19.1. The van der Waals surface area contributed by atoms with Crippen LogP contribution in [0.2, 0.25) is 0 Å². The lowest BCUT2D eigenvalue weighted by atomic mass is 9.70. The molecular formula is C51H34N4O2. The molecule has 0 aliphatic heterocycles. The highest BCUT2D eigenvalue weighted by molar-refractivity contribution is 5.97. The van der Waals surface area contributed by atoms with E-state index >= 15 is 0 Å². The average Bonchev–Trinajstić information content (AvgIpc) is 3.85. The van der Waals surface area contributed by atoms with Crippen LogP contribution in [0.25, 0.3) is 44.7 Å². The molecule has 11 rings (SSSR count). The summed E-state index contributed by atoms with van der Waals surface area (Å²) in [7, 11) is 0. The third-order valence-electron chi connectivity index (χ3n) is 11.7. The summed E-state index contributed by atoms with van der Waals surface area (Å²) in [5.41, 5.74) is 15.1. The summed E-state index contributed by atoms with van der Waals surface area (Å²) in [5.74, 6) is 0. The number of carbonyl (C=O) groups excluding carboxylic acids is 1. The second kappa shape index (κ2) is 12.7. The lowest BCUT2D eigenvalue weighted by molar-refractivity contribution is -0.106. The summed E-state index contributed by atoms with van der Waals surface area (Å²) >= 11 is 0. The molecule has 6 nitrogen and oxygen atoms in total. The van der Waals surface area contributed by atoms with Gasteiger partial charge in [-0.2, -0.15) is 0 Å². The fourth-order valence-corrected chi connectivity index (χ4v) is 9.36. The number of carbonyl (C=O) groups is 1. The molecule has 0 radical (unpaired) electrons. The molecule has 0 saturated heterocycles. The largest absolute Gasteiger partial charge is 0.354 e. The standard InChI is InChI=1S/C51H34N4O2/c56-33-53(35-15-3-1-4-16-35)47-24-12-11-23-46(47)52-34-27-29-40-41-30-28-37(55-49-26-14-13-25-48(49)54(50(55)57)36-17-5-2-6-18-36)32-45(41)51(44(40)31-34)42-21-9-7-19-38(42)39-20-8-10-22-43(39)51/h1-33,52H. The van der Waals surface area contributed by atoms with Crippen LogP contribution in [0, 0.1) is 0 Å². The van der Waals surface area contributed by atoms with E-state index in [0.29, 0.717) is 0 Å². The first-order chi connectivity index (χ1) is 28.2. The Labute approximate surface area is 329 Å². The second-order valence-electron chi connectivity index (χ2n) is 14.6. The topological polar surface area (TPSA) is 59.3 Å². The summed E-state index contributed by atoms with van der Waals surface area (Å²) in [6.45, 7) is 0. The van der Waals surface area contributed by atoms with Crippen LogP contribution in [0.4, 0.5) is 22.7 Å². The predicted octanol–water partition coefficient (Wildman–Crippen LogP) is 11.2. The fourth-order valence-electron chi connectivity index (χ4n) is 9.36. The van der Waals surface area contributed by atoms with E-state index in [2.05, 4.69) is 90.2 Å². The van der Waals surface area contributed by atoms with Crippen LogP contribution >= 0.6 is 0 Å². The molecule has 9 aromatic rings. The lowest BCUT2D eigenvalue weighted by Gasteiger charge is -2.31. The van der Waals surface area contributed by atoms with Gasteiger partial charge in [-0.1, -0.05) is 121 Å². The summed E-state index contributed by atoms with van der Waals surface area (Å²) in [4.78, 5) is 28.8. The van der Waals surface area contributed by atoms with E-state index in [1.807, 2.05) is 114 Å². The number of hydrogen-bond acceptors (Lipinski definition) is 3. The number of anilines is 4. The van der Waals surface area contributed by atoms with Gasteiger partial charge >= 0.3 is 5.69 Å². The van der Waals surface area contributed by atoms with Gasteiger partial charge in [0.15, 0.2) is 0 Å². The Hall–Kier alpha value is -7.70. The van der Waals surface area contributed by atoms with Gasteiger partial charge in [0.1, 0.15) is 0 Å².